The van der Waals surface area contributed by atoms with E-state index in [1.165, 1.54) is 6.07 Å². The minimum Gasteiger partial charge on any atom is -0.504 e. The van der Waals surface area contributed by atoms with Gasteiger partial charge in [-0.15, -0.1) is 0 Å². The van der Waals surface area contributed by atoms with Crippen LogP contribution in [0.5, 0.6) is 5.75 Å². The Morgan fingerprint density at radius 1 is 1.19 bits per heavy atom. The molecule has 2 aromatic rings. The van der Waals surface area contributed by atoms with E-state index in [0.29, 0.717) is 17.0 Å². The van der Waals surface area contributed by atoms with Gasteiger partial charge in [0.05, 0.1) is 16.1 Å². The molecular weight excluding hydrogens is 288 g/mol. The molecule has 21 heavy (non-hydrogen) atoms. The Labute approximate surface area is 125 Å². The lowest BCUT2D eigenvalue weighted by atomic mass is 10.1. The molecule has 0 amide bonds. The number of aromatic hydroxyl groups is 1. The van der Waals surface area contributed by atoms with Crippen molar-refractivity contribution in [2.75, 3.05) is 6.26 Å². The van der Waals surface area contributed by atoms with E-state index in [9.17, 15) is 13.5 Å². The van der Waals surface area contributed by atoms with Crippen molar-refractivity contribution in [3.05, 3.63) is 30.0 Å². The lowest BCUT2D eigenvalue weighted by molar-refractivity contribution is 0.345. The van der Waals surface area contributed by atoms with E-state index >= 15 is 0 Å². The van der Waals surface area contributed by atoms with Gasteiger partial charge in [-0.05, 0) is 33.8 Å². The first kappa shape index (κ1) is 15.6. The van der Waals surface area contributed by atoms with Crippen molar-refractivity contribution in [2.24, 2.45) is 0 Å². The second-order valence-corrected chi connectivity index (χ2v) is 8.12. The molecule has 0 fully saturated rings. The van der Waals surface area contributed by atoms with Crippen molar-refractivity contribution in [3.8, 4) is 17.0 Å². The van der Waals surface area contributed by atoms with Crippen molar-refractivity contribution < 1.29 is 13.5 Å². The van der Waals surface area contributed by atoms with Gasteiger partial charge >= 0.3 is 0 Å². The number of sulfone groups is 1. The van der Waals surface area contributed by atoms with E-state index in [2.05, 4.69) is 5.10 Å². The lowest BCUT2D eigenvalue weighted by Crippen LogP contribution is -2.24. The Kier molecular flexibility index (Phi) is 3.61. The maximum absolute atomic E-state index is 11.9. The zero-order valence-corrected chi connectivity index (χ0v) is 13.7. The van der Waals surface area contributed by atoms with Crippen LogP contribution in [0.15, 0.2) is 29.2 Å². The minimum absolute atomic E-state index is 0.0148. The molecule has 2 rings (SSSR count). The Morgan fingerprint density at radius 2 is 1.76 bits per heavy atom. The lowest BCUT2D eigenvalue weighted by Gasteiger charge is -2.20. The Balaban J connectivity index is 2.76. The van der Waals surface area contributed by atoms with Crippen LogP contribution in [-0.4, -0.2) is 29.6 Å². The summed E-state index contributed by atoms with van der Waals surface area (Å²) in [6, 6.07) is 6.57. The first-order valence-corrected chi connectivity index (χ1v) is 8.51. The predicted octanol–water partition coefficient (Wildman–Crippen LogP) is 2.72. The van der Waals surface area contributed by atoms with Gasteiger partial charge in [0.15, 0.2) is 15.6 Å². The maximum Gasteiger partial charge on any atom is 0.176 e. The molecule has 1 heterocycles. The van der Waals surface area contributed by atoms with E-state index in [0.717, 1.165) is 6.26 Å². The molecule has 0 bridgehead atoms. The van der Waals surface area contributed by atoms with E-state index in [1.807, 2.05) is 20.8 Å². The van der Waals surface area contributed by atoms with Crippen LogP contribution in [0.3, 0.4) is 0 Å². The largest absolute Gasteiger partial charge is 0.504 e. The fraction of sp³-hybridized carbons (Fsp3) is 0.400. The van der Waals surface area contributed by atoms with Gasteiger partial charge in [0.1, 0.15) is 5.69 Å². The molecule has 114 valence electrons. The number of hydrogen-bond donors (Lipinski definition) is 1. The van der Waals surface area contributed by atoms with Crippen LogP contribution in [0, 0.1) is 6.92 Å². The van der Waals surface area contributed by atoms with Gasteiger partial charge in [-0.1, -0.05) is 18.2 Å². The predicted molar refractivity (Wildman–Crippen MR) is 82.2 cm³/mol. The molecule has 0 radical (unpaired) electrons. The summed E-state index contributed by atoms with van der Waals surface area (Å²) >= 11 is 0. The highest BCUT2D eigenvalue weighted by Crippen LogP contribution is 2.36. The number of benzene rings is 1. The van der Waals surface area contributed by atoms with Gasteiger partial charge in [-0.2, -0.15) is 5.10 Å². The number of rotatable bonds is 2. The SMILES string of the molecule is Cc1c(O)c(-c2ccccc2S(C)(=O)=O)nn1C(C)(C)C. The number of nitrogens with zero attached hydrogens (tertiary/aromatic N) is 2. The molecule has 1 aromatic carbocycles. The molecule has 0 aliphatic carbocycles. The summed E-state index contributed by atoms with van der Waals surface area (Å²) in [5.74, 6) is 0.0148. The fourth-order valence-electron chi connectivity index (χ4n) is 2.31. The molecule has 0 saturated carbocycles. The summed E-state index contributed by atoms with van der Waals surface area (Å²) in [6.07, 6.45) is 1.15. The van der Waals surface area contributed by atoms with Crippen LogP contribution in [0.2, 0.25) is 0 Å². The minimum atomic E-state index is -3.40. The zero-order chi connectivity index (χ0) is 16.0. The summed E-state index contributed by atoms with van der Waals surface area (Å²) in [5, 5.41) is 14.8. The molecule has 0 saturated heterocycles. The summed E-state index contributed by atoms with van der Waals surface area (Å²) in [7, 11) is -3.40. The highest BCUT2D eigenvalue weighted by Gasteiger charge is 2.25. The number of hydrogen-bond acceptors (Lipinski definition) is 4. The van der Waals surface area contributed by atoms with Crippen molar-refractivity contribution >= 4 is 9.84 Å². The molecule has 0 spiro atoms. The summed E-state index contributed by atoms with van der Waals surface area (Å²) in [5.41, 5.74) is 1.02. The molecule has 0 unspecified atom stereocenters. The third-order valence-corrected chi connectivity index (χ3v) is 4.42. The fourth-order valence-corrected chi connectivity index (χ4v) is 3.20. The third-order valence-electron chi connectivity index (χ3n) is 3.26. The van der Waals surface area contributed by atoms with Gasteiger partial charge in [0.2, 0.25) is 0 Å². The van der Waals surface area contributed by atoms with E-state index in [-0.39, 0.29) is 16.2 Å². The maximum atomic E-state index is 11.9. The average Bonchev–Trinajstić information content (AvgIpc) is 2.65. The van der Waals surface area contributed by atoms with Gasteiger partial charge < -0.3 is 5.11 Å². The Hall–Kier alpha value is -1.82. The van der Waals surface area contributed by atoms with Crippen molar-refractivity contribution in [3.63, 3.8) is 0 Å². The topological polar surface area (TPSA) is 72.2 Å². The first-order chi connectivity index (χ1) is 9.53. The second kappa shape index (κ2) is 4.87. The molecule has 1 N–H and O–H groups in total. The molecule has 5 nitrogen and oxygen atoms in total. The number of aromatic nitrogens is 2. The van der Waals surface area contributed by atoms with Crippen LogP contribution in [0.25, 0.3) is 11.3 Å². The molecule has 1 aromatic heterocycles. The van der Waals surface area contributed by atoms with Crippen LogP contribution < -0.4 is 0 Å². The Morgan fingerprint density at radius 3 is 2.24 bits per heavy atom. The normalized spacial score (nSPS) is 12.6. The van der Waals surface area contributed by atoms with Gasteiger partial charge in [-0.25, -0.2) is 8.42 Å². The van der Waals surface area contributed by atoms with Crippen LogP contribution >= 0.6 is 0 Å². The zero-order valence-electron chi connectivity index (χ0n) is 12.9. The van der Waals surface area contributed by atoms with Gasteiger partial charge in [0.25, 0.3) is 0 Å². The molecule has 0 atom stereocenters. The molecule has 6 heteroatoms. The average molecular weight is 308 g/mol. The van der Waals surface area contributed by atoms with Gasteiger partial charge in [-0.3, -0.25) is 4.68 Å². The van der Waals surface area contributed by atoms with E-state index in [4.69, 9.17) is 0 Å². The third kappa shape index (κ3) is 2.81. The van der Waals surface area contributed by atoms with Crippen LogP contribution in [-0.2, 0) is 15.4 Å². The summed E-state index contributed by atoms with van der Waals surface area (Å²) in [4.78, 5) is 0.166. The molecule has 0 aliphatic heterocycles. The molecular formula is C15H20N2O3S. The summed E-state index contributed by atoms with van der Waals surface area (Å²) < 4.78 is 25.5. The Bertz CT molecular complexity index is 784. The van der Waals surface area contributed by atoms with E-state index in [1.54, 1.807) is 29.8 Å². The van der Waals surface area contributed by atoms with Crippen molar-refractivity contribution in [1.82, 2.24) is 9.78 Å². The van der Waals surface area contributed by atoms with Crippen LogP contribution in [0.1, 0.15) is 26.5 Å². The second-order valence-electron chi connectivity index (χ2n) is 6.13. The van der Waals surface area contributed by atoms with Gasteiger partial charge in [0, 0.05) is 11.8 Å². The van der Waals surface area contributed by atoms with Crippen molar-refractivity contribution in [2.45, 2.75) is 38.1 Å². The smallest absolute Gasteiger partial charge is 0.176 e. The van der Waals surface area contributed by atoms with Crippen molar-refractivity contribution in [1.29, 1.82) is 0 Å². The van der Waals surface area contributed by atoms with E-state index < -0.39 is 9.84 Å². The summed E-state index contributed by atoms with van der Waals surface area (Å²) in [6.45, 7) is 7.68. The molecule has 0 aliphatic rings. The highest BCUT2D eigenvalue weighted by atomic mass is 32.2. The van der Waals surface area contributed by atoms with Crippen LogP contribution in [0.4, 0.5) is 0 Å². The quantitative estimate of drug-likeness (QED) is 0.926. The highest BCUT2D eigenvalue weighted by molar-refractivity contribution is 7.90. The first-order valence-electron chi connectivity index (χ1n) is 6.62. The monoisotopic (exact) mass is 308 g/mol. The standard InChI is InChI=1S/C15H20N2O3S/c1-10-14(18)13(16-17(10)15(2,3)4)11-8-6-7-9-12(11)21(5,19)20/h6-9,18H,1-5H3.